The Morgan fingerprint density at radius 1 is 1.67 bits per heavy atom. The third kappa shape index (κ3) is 1.54. The summed E-state index contributed by atoms with van der Waals surface area (Å²) in [6.07, 6.45) is 4.54. The smallest absolute Gasteiger partial charge is 0.236 e. The van der Waals surface area contributed by atoms with E-state index in [0.717, 1.165) is 0 Å². The molecular formula is C6H9N2O. The molecule has 0 aromatic heterocycles. The highest BCUT2D eigenvalue weighted by Gasteiger charge is 2.14. The maximum Gasteiger partial charge on any atom is 0.236 e. The lowest BCUT2D eigenvalue weighted by Gasteiger charge is -2.12. The molecule has 0 spiro atoms. The fourth-order valence-electron chi connectivity index (χ4n) is 0.768. The molecule has 3 nitrogen and oxygen atoms in total. The van der Waals surface area contributed by atoms with Gasteiger partial charge in [-0.25, -0.2) is 5.32 Å². The third-order valence-corrected chi connectivity index (χ3v) is 1.29. The molecule has 1 aliphatic heterocycles. The highest BCUT2D eigenvalue weighted by atomic mass is 16.1. The monoisotopic (exact) mass is 125 g/mol. The number of nitrogens with zero attached hydrogens (tertiary/aromatic N) is 1. The van der Waals surface area contributed by atoms with Gasteiger partial charge in [-0.2, -0.15) is 0 Å². The summed E-state index contributed by atoms with van der Waals surface area (Å²) in [4.78, 5) is 10.4. The number of hydrogen-bond acceptors (Lipinski definition) is 1. The van der Waals surface area contributed by atoms with E-state index in [9.17, 15) is 4.79 Å². The Hall–Kier alpha value is -0.830. The molecule has 1 radical (unpaired) electrons. The number of carbonyl (C=O) groups is 1. The Morgan fingerprint density at radius 2 is 2.44 bits per heavy atom. The van der Waals surface area contributed by atoms with Crippen molar-refractivity contribution in [3.63, 3.8) is 0 Å². The van der Waals surface area contributed by atoms with Crippen molar-refractivity contribution < 1.29 is 4.79 Å². The Morgan fingerprint density at radius 3 is 2.78 bits per heavy atom. The number of amides is 1. The lowest BCUT2D eigenvalue weighted by Crippen LogP contribution is -2.37. The molecule has 1 amide bonds. The first-order chi connectivity index (χ1) is 4.30. The van der Waals surface area contributed by atoms with Gasteiger partial charge in [-0.05, 0) is 6.42 Å². The van der Waals surface area contributed by atoms with Crippen molar-refractivity contribution in [2.45, 2.75) is 12.5 Å². The average molecular weight is 125 g/mol. The Labute approximate surface area is 53.9 Å². The van der Waals surface area contributed by atoms with Gasteiger partial charge in [0.25, 0.3) is 0 Å². The fraction of sp³-hybridized carbons (Fsp3) is 0.500. The molecule has 9 heavy (non-hydrogen) atoms. The summed E-state index contributed by atoms with van der Waals surface area (Å²) in [5, 5.41) is 3.97. The van der Waals surface area contributed by atoms with Crippen LogP contribution in [0.5, 0.6) is 0 Å². The van der Waals surface area contributed by atoms with Crippen LogP contribution in [-0.2, 0) is 4.79 Å². The first kappa shape index (κ1) is 6.29. The summed E-state index contributed by atoms with van der Waals surface area (Å²) < 4.78 is 0. The van der Waals surface area contributed by atoms with Crippen LogP contribution in [0, 0.1) is 0 Å². The van der Waals surface area contributed by atoms with Crippen molar-refractivity contribution in [2.75, 3.05) is 6.54 Å². The second kappa shape index (κ2) is 2.64. The standard InChI is InChI=1S/C6H9N2O/c7-6(9)5-3-1-2-4-8-5/h1-2,5H,3-4H2,(H2,7,9). The number of primary amides is 1. The first-order valence-corrected chi connectivity index (χ1v) is 2.91. The second-order valence-electron chi connectivity index (χ2n) is 1.99. The Kier molecular flexibility index (Phi) is 1.85. The van der Waals surface area contributed by atoms with Gasteiger partial charge < -0.3 is 5.73 Å². The van der Waals surface area contributed by atoms with Crippen molar-refractivity contribution in [3.05, 3.63) is 12.2 Å². The van der Waals surface area contributed by atoms with Crippen LogP contribution in [-0.4, -0.2) is 18.5 Å². The van der Waals surface area contributed by atoms with Gasteiger partial charge in [-0.15, -0.1) is 0 Å². The minimum atomic E-state index is -0.320. The van der Waals surface area contributed by atoms with Crippen LogP contribution in [0.4, 0.5) is 0 Å². The molecule has 0 saturated carbocycles. The summed E-state index contributed by atoms with van der Waals surface area (Å²) in [6, 6.07) is -0.269. The maximum absolute atomic E-state index is 10.4. The van der Waals surface area contributed by atoms with Crippen molar-refractivity contribution in [1.29, 1.82) is 0 Å². The summed E-state index contributed by atoms with van der Waals surface area (Å²) in [5.74, 6) is -0.320. The summed E-state index contributed by atoms with van der Waals surface area (Å²) in [6.45, 7) is 0.633. The summed E-state index contributed by atoms with van der Waals surface area (Å²) in [5.41, 5.74) is 5.00. The van der Waals surface area contributed by atoms with Crippen molar-refractivity contribution in [3.8, 4) is 0 Å². The minimum Gasteiger partial charge on any atom is -0.368 e. The van der Waals surface area contributed by atoms with Crippen LogP contribution in [0.15, 0.2) is 12.2 Å². The molecule has 0 aliphatic carbocycles. The zero-order valence-electron chi connectivity index (χ0n) is 5.08. The predicted octanol–water partition coefficient (Wildman–Crippen LogP) is -0.595. The predicted molar refractivity (Wildman–Crippen MR) is 33.7 cm³/mol. The van der Waals surface area contributed by atoms with E-state index < -0.39 is 0 Å². The highest BCUT2D eigenvalue weighted by Crippen LogP contribution is 1.99. The number of rotatable bonds is 1. The quantitative estimate of drug-likeness (QED) is 0.467. The molecule has 0 fully saturated rings. The van der Waals surface area contributed by atoms with E-state index >= 15 is 0 Å². The summed E-state index contributed by atoms with van der Waals surface area (Å²) in [7, 11) is 0. The van der Waals surface area contributed by atoms with E-state index in [-0.39, 0.29) is 11.9 Å². The van der Waals surface area contributed by atoms with Gasteiger partial charge in [0.05, 0.1) is 0 Å². The largest absolute Gasteiger partial charge is 0.368 e. The lowest BCUT2D eigenvalue weighted by molar-refractivity contribution is -0.120. The Balaban J connectivity index is 2.44. The zero-order valence-corrected chi connectivity index (χ0v) is 5.08. The van der Waals surface area contributed by atoms with E-state index in [1.165, 1.54) is 0 Å². The Bertz CT molecular complexity index is 142. The van der Waals surface area contributed by atoms with Crippen LogP contribution in [0.1, 0.15) is 6.42 Å². The van der Waals surface area contributed by atoms with Gasteiger partial charge in [0, 0.05) is 6.54 Å². The molecule has 0 aromatic rings. The fourth-order valence-corrected chi connectivity index (χ4v) is 0.768. The van der Waals surface area contributed by atoms with E-state index in [1.54, 1.807) is 0 Å². The molecule has 1 atom stereocenters. The zero-order chi connectivity index (χ0) is 6.69. The maximum atomic E-state index is 10.4. The lowest BCUT2D eigenvalue weighted by atomic mass is 10.1. The van der Waals surface area contributed by atoms with E-state index in [2.05, 4.69) is 5.32 Å². The number of nitrogens with two attached hydrogens (primary N) is 1. The normalized spacial score (nSPS) is 26.0. The van der Waals surface area contributed by atoms with E-state index in [1.807, 2.05) is 12.2 Å². The van der Waals surface area contributed by atoms with Gasteiger partial charge in [0.15, 0.2) is 0 Å². The van der Waals surface area contributed by atoms with Crippen LogP contribution in [0.25, 0.3) is 0 Å². The summed E-state index contributed by atoms with van der Waals surface area (Å²) >= 11 is 0. The highest BCUT2D eigenvalue weighted by molar-refractivity contribution is 5.80. The molecule has 2 N–H and O–H groups in total. The van der Waals surface area contributed by atoms with E-state index in [0.29, 0.717) is 13.0 Å². The van der Waals surface area contributed by atoms with Crippen LogP contribution in [0.3, 0.4) is 0 Å². The number of hydrogen-bond donors (Lipinski definition) is 1. The van der Waals surface area contributed by atoms with Gasteiger partial charge in [-0.1, -0.05) is 12.2 Å². The number of carbonyl (C=O) groups excluding carboxylic acids is 1. The molecule has 1 rings (SSSR count). The molecule has 0 bridgehead atoms. The van der Waals surface area contributed by atoms with Crippen molar-refractivity contribution in [1.82, 2.24) is 5.32 Å². The van der Waals surface area contributed by atoms with Crippen molar-refractivity contribution >= 4 is 5.91 Å². The second-order valence-corrected chi connectivity index (χ2v) is 1.99. The van der Waals surface area contributed by atoms with Gasteiger partial charge in [0.2, 0.25) is 5.91 Å². The molecule has 3 heteroatoms. The third-order valence-electron chi connectivity index (χ3n) is 1.29. The van der Waals surface area contributed by atoms with E-state index in [4.69, 9.17) is 5.73 Å². The average Bonchev–Trinajstić information content (AvgIpc) is 1.90. The van der Waals surface area contributed by atoms with Crippen LogP contribution >= 0.6 is 0 Å². The molecule has 0 saturated heterocycles. The van der Waals surface area contributed by atoms with Gasteiger partial charge >= 0.3 is 0 Å². The molecule has 49 valence electrons. The van der Waals surface area contributed by atoms with Gasteiger partial charge in [-0.3, -0.25) is 4.79 Å². The SMILES string of the molecule is NC(=O)C1CC=CC[N]1. The topological polar surface area (TPSA) is 57.2 Å². The van der Waals surface area contributed by atoms with Crippen molar-refractivity contribution in [2.24, 2.45) is 5.73 Å². The molecule has 0 aromatic carbocycles. The molecule has 1 aliphatic rings. The van der Waals surface area contributed by atoms with Crippen LogP contribution in [0.2, 0.25) is 0 Å². The molecule has 1 heterocycles. The van der Waals surface area contributed by atoms with Crippen LogP contribution < -0.4 is 11.1 Å². The van der Waals surface area contributed by atoms with Gasteiger partial charge in [0.1, 0.15) is 6.04 Å². The molecular weight excluding hydrogens is 116 g/mol. The first-order valence-electron chi connectivity index (χ1n) is 2.91. The molecule has 1 unspecified atom stereocenters. The minimum absolute atomic E-state index is 0.269.